The van der Waals surface area contributed by atoms with Gasteiger partial charge in [-0.05, 0) is 19.3 Å². The summed E-state index contributed by atoms with van der Waals surface area (Å²) in [5.41, 5.74) is 29.8. The summed E-state index contributed by atoms with van der Waals surface area (Å²) in [5.74, 6) is -1.19. The standard InChI is InChI=1S/C30H58FN7O15/c31-12(4-32)19(42)27(47)38-15-3-14(35)24(51-28-13(34)2-1-11(48-28)7-37-6-10(41)8-39)26(20(15)43)53-30-23(46)25(17(9-40)50-30)52-29-18(36)22(45)21(44)16(5-33)49-29/h10-26,28-30,37,39-46H,1-9,32-36H2,(H,38,47)/t10?,11-,12-,13+,14-,15+,16-,17+,18+,19?,20-,21+,22+,23+,24+,25+,26+,28+,29+,30-/m0/s1. The van der Waals surface area contributed by atoms with Crippen molar-refractivity contribution < 1.29 is 78.5 Å². The number of amides is 1. The second-order valence-corrected chi connectivity index (χ2v) is 13.9. The molecule has 2 unspecified atom stereocenters. The summed E-state index contributed by atoms with van der Waals surface area (Å²) < 4.78 is 49.7. The van der Waals surface area contributed by atoms with Crippen molar-refractivity contribution in [3.05, 3.63) is 0 Å². The first-order valence-corrected chi connectivity index (χ1v) is 17.7. The number of rotatable bonds is 17. The number of hydrogen-bond donors (Lipinski definition) is 15. The van der Waals surface area contributed by atoms with E-state index >= 15 is 0 Å². The third-order valence-electron chi connectivity index (χ3n) is 9.97. The van der Waals surface area contributed by atoms with Gasteiger partial charge in [0.15, 0.2) is 25.0 Å². The van der Waals surface area contributed by atoms with Gasteiger partial charge in [0.2, 0.25) is 0 Å². The predicted molar refractivity (Wildman–Crippen MR) is 176 cm³/mol. The van der Waals surface area contributed by atoms with Gasteiger partial charge in [-0.3, -0.25) is 4.79 Å². The predicted octanol–water partition coefficient (Wildman–Crippen LogP) is -9.04. The molecule has 20 N–H and O–H groups in total. The Kier molecular flexibility index (Phi) is 16.8. The minimum atomic E-state index is -2.16. The fourth-order valence-corrected chi connectivity index (χ4v) is 6.77. The molecule has 310 valence electrons. The molecule has 20 atom stereocenters. The largest absolute Gasteiger partial charge is 0.394 e. The van der Waals surface area contributed by atoms with Crippen LogP contribution in [-0.4, -0.2) is 209 Å². The molecule has 4 fully saturated rings. The molecule has 22 nitrogen and oxygen atoms in total. The highest BCUT2D eigenvalue weighted by molar-refractivity contribution is 5.81. The first kappa shape index (κ1) is 44.3. The normalized spacial score (nSPS) is 44.0. The molecule has 3 heterocycles. The molecule has 1 aliphatic carbocycles. The fraction of sp³-hybridized carbons (Fsp3) is 0.967. The van der Waals surface area contributed by atoms with E-state index < -0.39 is 148 Å². The van der Waals surface area contributed by atoms with Crippen LogP contribution in [0.3, 0.4) is 0 Å². The summed E-state index contributed by atoms with van der Waals surface area (Å²) in [7, 11) is 0. The molecular formula is C30H58FN7O15. The summed E-state index contributed by atoms with van der Waals surface area (Å²) in [6.45, 7) is -1.66. The Hall–Kier alpha value is -1.40. The van der Waals surface area contributed by atoms with Crippen molar-refractivity contribution in [2.75, 3.05) is 39.4 Å². The molecule has 0 bridgehead atoms. The summed E-state index contributed by atoms with van der Waals surface area (Å²) in [6, 6.07) is -4.30. The monoisotopic (exact) mass is 775 g/mol. The summed E-state index contributed by atoms with van der Waals surface area (Å²) in [6.07, 6.45) is -22.1. The lowest BCUT2D eigenvalue weighted by Gasteiger charge is -2.46. The molecule has 1 saturated carbocycles. The van der Waals surface area contributed by atoms with Gasteiger partial charge in [0, 0.05) is 32.2 Å². The fourth-order valence-electron chi connectivity index (χ4n) is 6.77. The van der Waals surface area contributed by atoms with Gasteiger partial charge in [-0.25, -0.2) is 4.39 Å². The van der Waals surface area contributed by atoms with Gasteiger partial charge in [-0.15, -0.1) is 0 Å². The molecule has 4 rings (SSSR count). The zero-order valence-corrected chi connectivity index (χ0v) is 29.1. The van der Waals surface area contributed by atoms with E-state index in [1.54, 1.807) is 0 Å². The lowest BCUT2D eigenvalue weighted by molar-refractivity contribution is -0.290. The van der Waals surface area contributed by atoms with E-state index in [1.807, 2.05) is 0 Å². The number of nitrogens with two attached hydrogens (primary N) is 5. The highest BCUT2D eigenvalue weighted by atomic mass is 19.1. The number of carbonyl (C=O) groups is 1. The third-order valence-corrected chi connectivity index (χ3v) is 9.97. The molecule has 3 aliphatic heterocycles. The van der Waals surface area contributed by atoms with E-state index in [4.69, 9.17) is 62.2 Å². The molecule has 0 aromatic heterocycles. The van der Waals surface area contributed by atoms with Crippen molar-refractivity contribution in [1.29, 1.82) is 0 Å². The number of aliphatic hydroxyl groups is 8. The van der Waals surface area contributed by atoms with Gasteiger partial charge in [0.1, 0.15) is 61.1 Å². The van der Waals surface area contributed by atoms with Crippen molar-refractivity contribution in [1.82, 2.24) is 10.6 Å². The molecular weight excluding hydrogens is 717 g/mol. The van der Waals surface area contributed by atoms with Crippen LogP contribution in [0.2, 0.25) is 0 Å². The van der Waals surface area contributed by atoms with Crippen molar-refractivity contribution in [3.8, 4) is 0 Å². The van der Waals surface area contributed by atoms with Crippen molar-refractivity contribution in [2.45, 2.75) is 142 Å². The van der Waals surface area contributed by atoms with Crippen LogP contribution in [0.5, 0.6) is 0 Å². The van der Waals surface area contributed by atoms with Gasteiger partial charge < -0.3 is 109 Å². The number of hydrogen-bond acceptors (Lipinski definition) is 21. The summed E-state index contributed by atoms with van der Waals surface area (Å²) >= 11 is 0. The van der Waals surface area contributed by atoms with Crippen LogP contribution in [0.25, 0.3) is 0 Å². The van der Waals surface area contributed by atoms with Crippen molar-refractivity contribution in [2.24, 2.45) is 28.7 Å². The second-order valence-electron chi connectivity index (χ2n) is 13.9. The molecule has 0 aromatic rings. The van der Waals surface area contributed by atoms with Crippen LogP contribution in [0.4, 0.5) is 4.39 Å². The summed E-state index contributed by atoms with van der Waals surface area (Å²) in [4.78, 5) is 12.7. The molecule has 3 saturated heterocycles. The van der Waals surface area contributed by atoms with Gasteiger partial charge in [-0.1, -0.05) is 0 Å². The molecule has 0 aromatic carbocycles. The second kappa shape index (κ2) is 20.1. The molecule has 1 amide bonds. The van der Waals surface area contributed by atoms with E-state index in [2.05, 4.69) is 10.6 Å². The van der Waals surface area contributed by atoms with E-state index in [9.17, 15) is 44.9 Å². The number of aliphatic hydroxyl groups excluding tert-OH is 8. The molecule has 53 heavy (non-hydrogen) atoms. The minimum absolute atomic E-state index is 0.0952. The molecule has 4 aliphatic rings. The maximum Gasteiger partial charge on any atom is 0.252 e. The van der Waals surface area contributed by atoms with Crippen LogP contribution in [0.1, 0.15) is 19.3 Å². The lowest BCUT2D eigenvalue weighted by atomic mass is 9.83. The Bertz CT molecular complexity index is 1130. The molecule has 23 heteroatoms. The maximum atomic E-state index is 14.1. The third kappa shape index (κ3) is 10.7. The Morgan fingerprint density at radius 3 is 2.11 bits per heavy atom. The quantitative estimate of drug-likeness (QED) is 0.0652. The smallest absolute Gasteiger partial charge is 0.252 e. The Morgan fingerprint density at radius 1 is 0.811 bits per heavy atom. The minimum Gasteiger partial charge on any atom is -0.394 e. The SMILES string of the molecule is NC[C@@H]1O[C@H](O[C@H]2[C@@H](O)[C@H](O[C@@H]3[C@@H](O)[C@H](NC(=O)C(O)[C@@H](F)CN)C[C@H](N)[C@H]3O[C@H]3O[C@H](CNCC(O)CO)CC[C@H]3N)O[C@@H]2CO)[C@H](N)[C@@H](O)[C@@H]1O. The highest BCUT2D eigenvalue weighted by Crippen LogP contribution is 2.34. The Labute approximate surface area is 304 Å². The zero-order chi connectivity index (χ0) is 39.1. The zero-order valence-electron chi connectivity index (χ0n) is 29.1. The van der Waals surface area contributed by atoms with E-state index in [-0.39, 0.29) is 26.1 Å². The number of ether oxygens (including phenoxy) is 6. The topological polar surface area (TPSA) is 388 Å². The van der Waals surface area contributed by atoms with Crippen molar-refractivity contribution in [3.63, 3.8) is 0 Å². The maximum absolute atomic E-state index is 14.1. The van der Waals surface area contributed by atoms with Gasteiger partial charge in [0.05, 0.1) is 43.5 Å². The Balaban J connectivity index is 1.54. The first-order chi connectivity index (χ1) is 25.1. The molecule has 0 spiro atoms. The van der Waals surface area contributed by atoms with Crippen LogP contribution in [0, 0.1) is 0 Å². The van der Waals surface area contributed by atoms with Gasteiger partial charge >= 0.3 is 0 Å². The van der Waals surface area contributed by atoms with Crippen LogP contribution in [0.15, 0.2) is 0 Å². The number of nitrogens with one attached hydrogen (secondary N) is 2. The molecule has 0 radical (unpaired) electrons. The van der Waals surface area contributed by atoms with Crippen LogP contribution in [-0.2, 0) is 33.2 Å². The number of carbonyl (C=O) groups excluding carboxylic acids is 1. The first-order valence-electron chi connectivity index (χ1n) is 17.7. The van der Waals surface area contributed by atoms with E-state index in [1.165, 1.54) is 0 Å². The van der Waals surface area contributed by atoms with E-state index in [0.29, 0.717) is 12.8 Å². The summed E-state index contributed by atoms with van der Waals surface area (Å²) in [5, 5.41) is 87.9. The van der Waals surface area contributed by atoms with Crippen LogP contribution < -0.4 is 39.3 Å². The van der Waals surface area contributed by atoms with E-state index in [0.717, 1.165) is 0 Å². The van der Waals surface area contributed by atoms with Gasteiger partial charge in [-0.2, -0.15) is 0 Å². The Morgan fingerprint density at radius 2 is 1.47 bits per heavy atom. The average molecular weight is 776 g/mol. The lowest BCUT2D eigenvalue weighted by Crippen LogP contribution is -2.67. The highest BCUT2D eigenvalue weighted by Gasteiger charge is 2.54. The number of alkyl halides is 1. The van der Waals surface area contributed by atoms with Crippen LogP contribution >= 0.6 is 0 Å². The van der Waals surface area contributed by atoms with Crippen molar-refractivity contribution >= 4 is 5.91 Å². The number of halogens is 1. The average Bonchev–Trinajstić information content (AvgIpc) is 3.44. The van der Waals surface area contributed by atoms with Gasteiger partial charge in [0.25, 0.3) is 5.91 Å².